The van der Waals surface area contributed by atoms with Gasteiger partial charge in [-0.15, -0.1) is 0 Å². The first-order chi connectivity index (χ1) is 14.1. The molecule has 0 spiro atoms. The highest BCUT2D eigenvalue weighted by Crippen LogP contribution is 2.49. The lowest BCUT2D eigenvalue weighted by Crippen LogP contribution is -2.34. The molecule has 0 N–H and O–H groups in total. The van der Waals surface area contributed by atoms with E-state index in [2.05, 4.69) is 28.1 Å². The lowest BCUT2D eigenvalue weighted by atomic mass is 9.96. The second-order valence-corrected chi connectivity index (χ2v) is 8.40. The summed E-state index contributed by atoms with van der Waals surface area (Å²) >= 11 is 9.88. The predicted molar refractivity (Wildman–Crippen MR) is 118 cm³/mol. The third-order valence-corrected chi connectivity index (χ3v) is 6.05. The highest BCUT2D eigenvalue weighted by atomic mass is 79.9. The Morgan fingerprint density at radius 1 is 1.07 bits per heavy atom. The summed E-state index contributed by atoms with van der Waals surface area (Å²) in [5.41, 5.74) is 4.12. The Labute approximate surface area is 182 Å². The highest BCUT2D eigenvalue weighted by Gasteiger charge is 2.42. The summed E-state index contributed by atoms with van der Waals surface area (Å²) in [6.45, 7) is 0. The van der Waals surface area contributed by atoms with Crippen LogP contribution in [-0.2, 0) is 0 Å². The molecule has 29 heavy (non-hydrogen) atoms. The van der Waals surface area contributed by atoms with Crippen LogP contribution >= 0.6 is 27.5 Å². The van der Waals surface area contributed by atoms with Crippen LogP contribution in [0.5, 0.6) is 11.5 Å². The average Bonchev–Trinajstić information content (AvgIpc) is 3.20. The Kier molecular flexibility index (Phi) is 4.72. The summed E-state index contributed by atoms with van der Waals surface area (Å²) in [5.74, 6) is 1.59. The number of nitrogens with zero attached hydrogens (tertiary/aromatic N) is 2. The molecule has 4 nitrogen and oxygen atoms in total. The van der Waals surface area contributed by atoms with E-state index < -0.39 is 6.23 Å². The fourth-order valence-electron chi connectivity index (χ4n) is 3.97. The van der Waals surface area contributed by atoms with E-state index in [1.54, 1.807) is 7.11 Å². The third kappa shape index (κ3) is 3.28. The van der Waals surface area contributed by atoms with Gasteiger partial charge in [-0.25, -0.2) is 5.01 Å². The van der Waals surface area contributed by atoms with Gasteiger partial charge in [0.05, 0.1) is 24.4 Å². The SMILES string of the molecule is COc1ccc(Br)cc1[C@@H]1Oc2ccc(Cl)cc2[C@@H]2CC(c3ccccc3)=NN21. The van der Waals surface area contributed by atoms with Gasteiger partial charge in [0.25, 0.3) is 0 Å². The van der Waals surface area contributed by atoms with Crippen LogP contribution in [0.2, 0.25) is 5.02 Å². The highest BCUT2D eigenvalue weighted by molar-refractivity contribution is 9.10. The van der Waals surface area contributed by atoms with Gasteiger partial charge in [-0.1, -0.05) is 57.9 Å². The van der Waals surface area contributed by atoms with Crippen molar-refractivity contribution in [1.29, 1.82) is 0 Å². The summed E-state index contributed by atoms with van der Waals surface area (Å²) in [6, 6.07) is 22.0. The normalized spacial score (nSPS) is 19.8. The van der Waals surface area contributed by atoms with Crippen molar-refractivity contribution in [3.8, 4) is 11.5 Å². The maximum atomic E-state index is 6.43. The van der Waals surface area contributed by atoms with Crippen LogP contribution in [-0.4, -0.2) is 17.8 Å². The quantitative estimate of drug-likeness (QED) is 0.448. The Morgan fingerprint density at radius 3 is 2.69 bits per heavy atom. The Balaban J connectivity index is 1.65. The number of hydrazone groups is 1. The molecule has 0 aromatic heterocycles. The van der Waals surface area contributed by atoms with E-state index in [0.29, 0.717) is 5.02 Å². The molecule has 2 heterocycles. The molecule has 0 unspecified atom stereocenters. The molecule has 0 amide bonds. The number of halogens is 2. The number of rotatable bonds is 3. The molecule has 0 aliphatic carbocycles. The average molecular weight is 470 g/mol. The molecule has 2 atom stereocenters. The molecule has 3 aromatic carbocycles. The number of hydrogen-bond acceptors (Lipinski definition) is 4. The van der Waals surface area contributed by atoms with E-state index in [9.17, 15) is 0 Å². The molecule has 3 aromatic rings. The van der Waals surface area contributed by atoms with Crippen molar-refractivity contribution >= 4 is 33.2 Å². The van der Waals surface area contributed by atoms with Crippen molar-refractivity contribution in [1.82, 2.24) is 5.01 Å². The zero-order valence-corrected chi connectivity index (χ0v) is 18.0. The maximum Gasteiger partial charge on any atom is 0.217 e. The minimum Gasteiger partial charge on any atom is -0.496 e. The van der Waals surface area contributed by atoms with Crippen LogP contribution in [0.25, 0.3) is 0 Å². The van der Waals surface area contributed by atoms with E-state index >= 15 is 0 Å². The van der Waals surface area contributed by atoms with E-state index in [1.165, 1.54) is 0 Å². The van der Waals surface area contributed by atoms with E-state index in [-0.39, 0.29) is 6.04 Å². The molecular formula is C23H18BrClN2O2. The van der Waals surface area contributed by atoms with Gasteiger partial charge in [0.1, 0.15) is 11.5 Å². The monoisotopic (exact) mass is 468 g/mol. The summed E-state index contributed by atoms with van der Waals surface area (Å²) < 4.78 is 13.0. The maximum absolute atomic E-state index is 6.43. The van der Waals surface area contributed by atoms with Gasteiger partial charge in [0.2, 0.25) is 6.23 Å². The van der Waals surface area contributed by atoms with E-state index in [0.717, 1.165) is 44.8 Å². The number of methoxy groups -OCH3 is 1. The Morgan fingerprint density at radius 2 is 1.90 bits per heavy atom. The van der Waals surface area contributed by atoms with E-state index in [4.69, 9.17) is 26.2 Å². The fraction of sp³-hybridized carbons (Fsp3) is 0.174. The zero-order valence-electron chi connectivity index (χ0n) is 15.7. The molecule has 146 valence electrons. The van der Waals surface area contributed by atoms with Gasteiger partial charge >= 0.3 is 0 Å². The van der Waals surface area contributed by atoms with Crippen LogP contribution in [0.15, 0.2) is 76.3 Å². The van der Waals surface area contributed by atoms with Crippen LogP contribution in [0.1, 0.15) is 35.4 Å². The standard InChI is InChI=1S/C23H18BrClN2O2/c1-28-21-9-7-15(24)11-18(21)23-27-20(17-12-16(25)8-10-22(17)29-23)13-19(26-27)14-5-3-2-4-6-14/h2-12,20,23H,13H2,1H3/t20-,23-/m0/s1. The van der Waals surface area contributed by atoms with Gasteiger partial charge < -0.3 is 9.47 Å². The van der Waals surface area contributed by atoms with E-state index in [1.807, 2.05) is 59.6 Å². The van der Waals surface area contributed by atoms with Crippen molar-refractivity contribution in [2.75, 3.05) is 7.11 Å². The van der Waals surface area contributed by atoms with Crippen molar-refractivity contribution < 1.29 is 9.47 Å². The molecule has 0 saturated carbocycles. The second-order valence-electron chi connectivity index (χ2n) is 7.05. The zero-order chi connectivity index (χ0) is 20.0. The van der Waals surface area contributed by atoms with Gasteiger partial charge in [-0.2, -0.15) is 5.10 Å². The number of hydrogen-bond donors (Lipinski definition) is 0. The van der Waals surface area contributed by atoms with Crippen molar-refractivity contribution in [3.63, 3.8) is 0 Å². The summed E-state index contributed by atoms with van der Waals surface area (Å²) in [5, 5.41) is 7.71. The molecule has 0 radical (unpaired) electrons. The van der Waals surface area contributed by atoms with Crippen LogP contribution in [0.4, 0.5) is 0 Å². The minimum absolute atomic E-state index is 0.0429. The summed E-state index contributed by atoms with van der Waals surface area (Å²) in [6.07, 6.45) is 0.385. The largest absolute Gasteiger partial charge is 0.496 e. The molecule has 0 saturated heterocycles. The molecule has 0 bridgehead atoms. The Bertz CT molecular complexity index is 1100. The van der Waals surface area contributed by atoms with Gasteiger partial charge in [-0.3, -0.25) is 0 Å². The first-order valence-electron chi connectivity index (χ1n) is 9.35. The molecule has 2 aliphatic heterocycles. The van der Waals surface area contributed by atoms with Crippen molar-refractivity contribution in [3.05, 3.63) is 92.9 Å². The number of fused-ring (bicyclic) bond motifs is 3. The van der Waals surface area contributed by atoms with Crippen molar-refractivity contribution in [2.24, 2.45) is 5.10 Å². The van der Waals surface area contributed by atoms with Gasteiger partial charge in [-0.05, 0) is 42.0 Å². The third-order valence-electron chi connectivity index (χ3n) is 5.32. The second kappa shape index (κ2) is 7.39. The first-order valence-corrected chi connectivity index (χ1v) is 10.5. The van der Waals surface area contributed by atoms with Crippen LogP contribution < -0.4 is 9.47 Å². The molecule has 6 heteroatoms. The number of ether oxygens (including phenoxy) is 2. The molecular weight excluding hydrogens is 452 g/mol. The van der Waals surface area contributed by atoms with Gasteiger partial charge in [0, 0.05) is 21.5 Å². The minimum atomic E-state index is -0.401. The first kappa shape index (κ1) is 18.5. The Hall–Kier alpha value is -2.50. The lowest BCUT2D eigenvalue weighted by Gasteiger charge is -2.38. The molecule has 0 fully saturated rings. The molecule has 2 aliphatic rings. The topological polar surface area (TPSA) is 34.1 Å². The summed E-state index contributed by atoms with van der Waals surface area (Å²) in [4.78, 5) is 0. The van der Waals surface area contributed by atoms with Crippen LogP contribution in [0, 0.1) is 0 Å². The number of benzene rings is 3. The smallest absolute Gasteiger partial charge is 0.217 e. The fourth-order valence-corrected chi connectivity index (χ4v) is 4.53. The molecule has 5 rings (SSSR count). The lowest BCUT2D eigenvalue weighted by molar-refractivity contribution is -0.0203. The summed E-state index contributed by atoms with van der Waals surface area (Å²) in [7, 11) is 1.67. The van der Waals surface area contributed by atoms with Gasteiger partial charge in [0.15, 0.2) is 0 Å². The predicted octanol–water partition coefficient (Wildman–Crippen LogP) is 6.35. The van der Waals surface area contributed by atoms with Crippen LogP contribution in [0.3, 0.4) is 0 Å². The van der Waals surface area contributed by atoms with Crippen molar-refractivity contribution in [2.45, 2.75) is 18.7 Å².